The minimum atomic E-state index is -1.61. The zero-order valence-corrected chi connectivity index (χ0v) is 37.2. The lowest BCUT2D eigenvalue weighted by Crippen LogP contribution is -2.59. The van der Waals surface area contributed by atoms with Crippen LogP contribution in [-0.4, -0.2) is 89.0 Å². The van der Waals surface area contributed by atoms with Gasteiger partial charge in [-0.25, -0.2) is 0 Å². The Kier molecular flexibility index (Phi) is 36.6. The molecule has 0 radical (unpaired) electrons. The van der Waals surface area contributed by atoms with Crippen molar-refractivity contribution in [1.82, 2.24) is 0 Å². The van der Waals surface area contributed by atoms with Gasteiger partial charge in [0.15, 0.2) is 12.4 Å². The monoisotopic (exact) mass is 843 g/mol. The minimum absolute atomic E-state index is 0.116. The summed E-state index contributed by atoms with van der Waals surface area (Å²) >= 11 is 0. The lowest BCUT2D eigenvalue weighted by atomic mass is 9.99. The van der Waals surface area contributed by atoms with E-state index in [0.717, 1.165) is 83.5 Å². The summed E-state index contributed by atoms with van der Waals surface area (Å²) in [7, 11) is 0. The summed E-state index contributed by atoms with van der Waals surface area (Å²) in [6, 6.07) is 0. The molecular formula is C50H82O10. The van der Waals surface area contributed by atoms with Gasteiger partial charge in [0.1, 0.15) is 31.0 Å². The van der Waals surface area contributed by atoms with Crippen molar-refractivity contribution >= 4 is 11.9 Å². The summed E-state index contributed by atoms with van der Waals surface area (Å²) in [4.78, 5) is 25.3. The molecule has 0 aromatic heterocycles. The highest BCUT2D eigenvalue weighted by molar-refractivity contribution is 5.70. The Balaban J connectivity index is 2.34. The van der Waals surface area contributed by atoms with Crippen LogP contribution in [-0.2, 0) is 28.5 Å². The van der Waals surface area contributed by atoms with Gasteiger partial charge in [-0.2, -0.15) is 0 Å². The SMILES string of the molecule is CC/C=C/C/C=C/C/C=C/C/C=C/C/C=C/CCCCCCCCC(=O)OCC(CO[C@H]1O[C@@H](CO)[C@@H](O)C(O)C1O)OC(=O)CC/C=C/C/C=C/CCCCCCCC. The first kappa shape index (κ1) is 54.9. The summed E-state index contributed by atoms with van der Waals surface area (Å²) in [6.45, 7) is 3.21. The lowest BCUT2D eigenvalue weighted by molar-refractivity contribution is -0.305. The molecule has 1 aliphatic rings. The van der Waals surface area contributed by atoms with Crippen molar-refractivity contribution < 1.29 is 49.0 Å². The van der Waals surface area contributed by atoms with E-state index in [1.165, 1.54) is 38.5 Å². The smallest absolute Gasteiger partial charge is 0.306 e. The number of aliphatic hydroxyl groups excluding tert-OH is 4. The van der Waals surface area contributed by atoms with Gasteiger partial charge in [0.25, 0.3) is 0 Å². The Labute approximate surface area is 363 Å². The van der Waals surface area contributed by atoms with Crippen LogP contribution in [0.4, 0.5) is 0 Å². The van der Waals surface area contributed by atoms with Gasteiger partial charge >= 0.3 is 11.9 Å². The van der Waals surface area contributed by atoms with Crippen LogP contribution in [0.3, 0.4) is 0 Å². The second-order valence-corrected chi connectivity index (χ2v) is 15.5. The standard InChI is InChI=1S/C50H82O10/c1-3-5-7-9-11-13-15-17-18-19-20-21-22-23-24-25-27-28-30-32-34-36-38-45(52)57-41-43(42-58-50-49(56)48(55)47(54)44(40-51)60-50)59-46(53)39-37-35-33-31-29-26-16-14-12-10-8-6-4-2/h5,7,11,13,17-18,20-21,23-24,26,29,33,35,43-44,47-51,54-56H,3-4,6,8-10,12,14-16,19,22,25,27-28,30-32,34,36-42H2,1-2H3/b7-5+,13-11+,18-17+,21-20+,24-23+,29-26+,35-33+/t43?,44-,47+,48?,49?,50-/m0/s1. The number of carbonyl (C=O) groups excluding carboxylic acids is 2. The van der Waals surface area contributed by atoms with Gasteiger partial charge in [-0.1, -0.05) is 157 Å². The second-order valence-electron chi connectivity index (χ2n) is 15.5. The quantitative estimate of drug-likeness (QED) is 0.0270. The number of allylic oxidation sites excluding steroid dienone is 14. The van der Waals surface area contributed by atoms with Crippen molar-refractivity contribution in [3.63, 3.8) is 0 Å². The third kappa shape index (κ3) is 30.8. The molecule has 1 heterocycles. The highest BCUT2D eigenvalue weighted by Crippen LogP contribution is 2.22. The van der Waals surface area contributed by atoms with Gasteiger partial charge in [0.05, 0.1) is 13.2 Å². The molecule has 0 amide bonds. The number of hydrogen-bond acceptors (Lipinski definition) is 10. The first-order chi connectivity index (χ1) is 29.3. The summed E-state index contributed by atoms with van der Waals surface area (Å²) in [5, 5.41) is 40.1. The molecule has 0 saturated carbocycles. The van der Waals surface area contributed by atoms with Gasteiger partial charge in [-0.3, -0.25) is 9.59 Å². The Bertz CT molecular complexity index is 1250. The number of esters is 2. The van der Waals surface area contributed by atoms with Crippen molar-refractivity contribution in [2.75, 3.05) is 19.8 Å². The molecule has 0 aliphatic carbocycles. The molecule has 3 unspecified atom stereocenters. The largest absolute Gasteiger partial charge is 0.462 e. The number of rotatable bonds is 37. The van der Waals surface area contributed by atoms with Crippen LogP contribution >= 0.6 is 0 Å². The Morgan fingerprint density at radius 1 is 0.533 bits per heavy atom. The number of aliphatic hydroxyl groups is 4. The molecule has 342 valence electrons. The van der Waals surface area contributed by atoms with Crippen LogP contribution in [0.25, 0.3) is 0 Å². The molecule has 10 nitrogen and oxygen atoms in total. The molecule has 60 heavy (non-hydrogen) atoms. The molecule has 0 spiro atoms. The predicted molar refractivity (Wildman–Crippen MR) is 242 cm³/mol. The Hall–Kier alpha value is -3.12. The van der Waals surface area contributed by atoms with Crippen molar-refractivity contribution in [2.45, 2.75) is 198 Å². The van der Waals surface area contributed by atoms with E-state index in [1.54, 1.807) is 0 Å². The van der Waals surface area contributed by atoms with Crippen LogP contribution < -0.4 is 0 Å². The topological polar surface area (TPSA) is 152 Å². The average Bonchev–Trinajstić information content (AvgIpc) is 3.25. The zero-order chi connectivity index (χ0) is 43.7. The highest BCUT2D eigenvalue weighted by Gasteiger charge is 2.44. The maximum atomic E-state index is 12.7. The number of unbranched alkanes of at least 4 members (excludes halogenated alkanes) is 12. The average molecular weight is 843 g/mol. The van der Waals surface area contributed by atoms with Crippen molar-refractivity contribution in [3.8, 4) is 0 Å². The van der Waals surface area contributed by atoms with Crippen LogP contribution in [0.1, 0.15) is 162 Å². The third-order valence-corrected chi connectivity index (χ3v) is 10.0. The molecule has 1 fully saturated rings. The molecular weight excluding hydrogens is 761 g/mol. The van der Waals surface area contributed by atoms with E-state index in [-0.39, 0.29) is 26.1 Å². The Morgan fingerprint density at radius 2 is 1.02 bits per heavy atom. The van der Waals surface area contributed by atoms with Gasteiger partial charge in [-0.05, 0) is 77.0 Å². The van der Waals surface area contributed by atoms with Gasteiger partial charge in [0.2, 0.25) is 0 Å². The number of carbonyl (C=O) groups is 2. The molecule has 1 saturated heterocycles. The normalized spacial score (nSPS) is 20.7. The van der Waals surface area contributed by atoms with E-state index in [2.05, 4.69) is 86.8 Å². The van der Waals surface area contributed by atoms with Gasteiger partial charge in [-0.15, -0.1) is 0 Å². The van der Waals surface area contributed by atoms with E-state index < -0.39 is 55.4 Å². The highest BCUT2D eigenvalue weighted by atomic mass is 16.7. The second kappa shape index (κ2) is 40.0. The van der Waals surface area contributed by atoms with Gasteiger partial charge < -0.3 is 39.4 Å². The van der Waals surface area contributed by atoms with Crippen molar-refractivity contribution in [1.29, 1.82) is 0 Å². The van der Waals surface area contributed by atoms with E-state index in [0.29, 0.717) is 12.8 Å². The Morgan fingerprint density at radius 3 is 1.55 bits per heavy atom. The molecule has 0 aromatic rings. The van der Waals surface area contributed by atoms with Crippen molar-refractivity contribution in [3.05, 3.63) is 85.1 Å². The minimum Gasteiger partial charge on any atom is -0.462 e. The fraction of sp³-hybridized carbons (Fsp3) is 0.680. The molecule has 10 heteroatoms. The molecule has 4 N–H and O–H groups in total. The number of ether oxygens (including phenoxy) is 4. The van der Waals surface area contributed by atoms with Crippen LogP contribution in [0.5, 0.6) is 0 Å². The maximum absolute atomic E-state index is 12.7. The molecule has 0 aromatic carbocycles. The summed E-state index contributed by atoms with van der Waals surface area (Å²) < 4.78 is 22.1. The molecule has 1 rings (SSSR count). The summed E-state index contributed by atoms with van der Waals surface area (Å²) in [5.74, 6) is -0.909. The first-order valence-electron chi connectivity index (χ1n) is 23.2. The molecule has 0 bridgehead atoms. The van der Waals surface area contributed by atoms with E-state index in [1.807, 2.05) is 12.2 Å². The maximum Gasteiger partial charge on any atom is 0.306 e. The third-order valence-electron chi connectivity index (χ3n) is 10.0. The lowest BCUT2D eigenvalue weighted by Gasteiger charge is -2.39. The fourth-order valence-corrected chi connectivity index (χ4v) is 6.38. The van der Waals surface area contributed by atoms with Gasteiger partial charge in [0, 0.05) is 12.8 Å². The zero-order valence-electron chi connectivity index (χ0n) is 37.2. The van der Waals surface area contributed by atoms with E-state index in [4.69, 9.17) is 18.9 Å². The summed E-state index contributed by atoms with van der Waals surface area (Å²) in [6.07, 6.45) is 44.6. The first-order valence-corrected chi connectivity index (χ1v) is 23.2. The predicted octanol–water partition coefficient (Wildman–Crippen LogP) is 10.2. The van der Waals surface area contributed by atoms with Crippen LogP contribution in [0.2, 0.25) is 0 Å². The van der Waals surface area contributed by atoms with Crippen LogP contribution in [0, 0.1) is 0 Å². The fourth-order valence-electron chi connectivity index (χ4n) is 6.38. The van der Waals surface area contributed by atoms with E-state index in [9.17, 15) is 30.0 Å². The molecule has 1 aliphatic heterocycles. The summed E-state index contributed by atoms with van der Waals surface area (Å²) in [5.41, 5.74) is 0. The molecule has 6 atom stereocenters. The number of hydrogen-bond donors (Lipinski definition) is 4. The van der Waals surface area contributed by atoms with E-state index >= 15 is 0 Å². The van der Waals surface area contributed by atoms with Crippen molar-refractivity contribution in [2.24, 2.45) is 0 Å². The van der Waals surface area contributed by atoms with Crippen LogP contribution in [0.15, 0.2) is 85.1 Å².